The topological polar surface area (TPSA) is 93.9 Å². The van der Waals surface area contributed by atoms with Gasteiger partial charge in [-0.05, 0) is 31.9 Å². The number of benzene rings is 1. The van der Waals surface area contributed by atoms with Gasteiger partial charge in [0.2, 0.25) is 0 Å². The van der Waals surface area contributed by atoms with Crippen molar-refractivity contribution in [3.05, 3.63) is 30.1 Å². The summed E-state index contributed by atoms with van der Waals surface area (Å²) in [7, 11) is 1.00. The van der Waals surface area contributed by atoms with Crippen molar-refractivity contribution >= 4 is 27.9 Å². The summed E-state index contributed by atoms with van der Waals surface area (Å²) >= 11 is 0. The number of fused-ring (bicyclic) bond motifs is 3. The number of nitrogens with zero attached hydrogens (tertiary/aromatic N) is 3. The number of aliphatic hydroxyl groups is 1. The maximum atomic E-state index is 7.00. The standard InChI is InChI=1S/C15H15N3O.CH4O.H2O.U/c1-10-16-13-11-6-2-3-7-12(11)19-14(13)15(17-10)18-8-4-5-9-18;1-2;;/h2-3,6-7H,4-5,8-9H2,1H3;2H,1H3;1H2;. The van der Waals surface area contributed by atoms with Crippen molar-refractivity contribution < 1.29 is 46.1 Å². The minimum Gasteiger partial charge on any atom is -0.450 e. The zero-order valence-electron chi connectivity index (χ0n) is 13.3. The molecule has 122 valence electrons. The number of hydrogen-bond acceptors (Lipinski definition) is 5. The number of aryl methyl sites for hydroxylation is 1. The van der Waals surface area contributed by atoms with Crippen molar-refractivity contribution in [2.45, 2.75) is 19.8 Å². The van der Waals surface area contributed by atoms with E-state index in [0.29, 0.717) is 0 Å². The van der Waals surface area contributed by atoms with Crippen LogP contribution in [0.1, 0.15) is 18.7 Å². The van der Waals surface area contributed by atoms with Crippen molar-refractivity contribution in [3.63, 3.8) is 0 Å². The molecule has 1 saturated heterocycles. The van der Waals surface area contributed by atoms with E-state index in [1.54, 1.807) is 0 Å². The Hall–Kier alpha value is -1.13. The van der Waals surface area contributed by atoms with Crippen molar-refractivity contribution in [2.75, 3.05) is 25.1 Å². The van der Waals surface area contributed by atoms with Gasteiger partial charge in [0.05, 0.1) is 0 Å². The molecule has 2 aromatic heterocycles. The van der Waals surface area contributed by atoms with Crippen molar-refractivity contribution in [2.24, 2.45) is 0 Å². The van der Waals surface area contributed by atoms with Crippen LogP contribution in [0.4, 0.5) is 5.82 Å². The second-order valence-corrected chi connectivity index (χ2v) is 5.06. The first-order valence-corrected chi connectivity index (χ1v) is 7.18. The molecule has 23 heavy (non-hydrogen) atoms. The fourth-order valence-electron chi connectivity index (χ4n) is 2.83. The van der Waals surface area contributed by atoms with E-state index in [4.69, 9.17) is 9.52 Å². The molecule has 7 heteroatoms. The van der Waals surface area contributed by atoms with E-state index in [9.17, 15) is 0 Å². The molecule has 0 radical (unpaired) electrons. The van der Waals surface area contributed by atoms with Gasteiger partial charge in [0, 0.05) is 56.7 Å². The predicted octanol–water partition coefficient (Wildman–Crippen LogP) is 2.07. The van der Waals surface area contributed by atoms with Crippen LogP contribution in [0.3, 0.4) is 0 Å². The van der Waals surface area contributed by atoms with Gasteiger partial charge in [-0.2, -0.15) is 0 Å². The molecular weight excluding hydrogens is 520 g/mol. The van der Waals surface area contributed by atoms with Gasteiger partial charge < -0.3 is 19.9 Å². The monoisotopic (exact) mass is 541 g/mol. The molecule has 1 aromatic carbocycles. The molecule has 0 spiro atoms. The normalized spacial score (nSPS) is 13.3. The number of aliphatic hydroxyl groups excluding tert-OH is 1. The molecule has 0 amide bonds. The number of furan rings is 1. The third-order valence-electron chi connectivity index (χ3n) is 3.72. The first-order chi connectivity index (χ1) is 10.3. The fraction of sp³-hybridized carbons (Fsp3) is 0.375. The van der Waals surface area contributed by atoms with E-state index in [0.717, 1.165) is 53.9 Å². The maximum absolute atomic E-state index is 7.00. The van der Waals surface area contributed by atoms with Crippen LogP contribution < -0.4 is 4.90 Å². The Morgan fingerprint density at radius 2 is 1.74 bits per heavy atom. The van der Waals surface area contributed by atoms with E-state index < -0.39 is 0 Å². The Bertz CT molecular complexity index is 770. The van der Waals surface area contributed by atoms with Crippen molar-refractivity contribution in [3.8, 4) is 0 Å². The third kappa shape index (κ3) is 3.69. The Labute approximate surface area is 158 Å². The zero-order valence-corrected chi connectivity index (χ0v) is 17.5. The Balaban J connectivity index is 0.000000638. The minimum absolute atomic E-state index is 0. The van der Waals surface area contributed by atoms with Gasteiger partial charge in [0.25, 0.3) is 0 Å². The third-order valence-corrected chi connectivity index (χ3v) is 3.72. The summed E-state index contributed by atoms with van der Waals surface area (Å²) in [6.07, 6.45) is 2.45. The molecule has 0 aliphatic carbocycles. The first kappa shape index (κ1) is 19.9. The van der Waals surface area contributed by atoms with Gasteiger partial charge in [0.1, 0.15) is 16.9 Å². The zero-order chi connectivity index (χ0) is 14.8. The Kier molecular flexibility index (Phi) is 7.49. The minimum atomic E-state index is 0. The van der Waals surface area contributed by atoms with E-state index in [-0.39, 0.29) is 36.6 Å². The van der Waals surface area contributed by atoms with Gasteiger partial charge in [-0.25, -0.2) is 9.97 Å². The molecule has 0 saturated carbocycles. The van der Waals surface area contributed by atoms with Crippen LogP contribution in [0.15, 0.2) is 28.7 Å². The predicted molar refractivity (Wildman–Crippen MR) is 87.3 cm³/mol. The number of rotatable bonds is 1. The van der Waals surface area contributed by atoms with Gasteiger partial charge in [0.15, 0.2) is 11.4 Å². The second kappa shape index (κ2) is 8.65. The molecule has 0 unspecified atom stereocenters. The van der Waals surface area contributed by atoms with Crippen molar-refractivity contribution in [1.82, 2.24) is 9.97 Å². The molecule has 3 heterocycles. The van der Waals surface area contributed by atoms with Crippen molar-refractivity contribution in [1.29, 1.82) is 0 Å². The van der Waals surface area contributed by atoms with Crippen LogP contribution in [0.5, 0.6) is 0 Å². The maximum Gasteiger partial charge on any atom is 0.196 e. The summed E-state index contributed by atoms with van der Waals surface area (Å²) < 4.78 is 5.98. The van der Waals surface area contributed by atoms with Crippen LogP contribution in [-0.4, -0.2) is 40.7 Å². The number of para-hydroxylation sites is 1. The smallest absolute Gasteiger partial charge is 0.196 e. The number of hydrogen-bond donors (Lipinski definition) is 1. The van der Waals surface area contributed by atoms with Gasteiger partial charge in [-0.3, -0.25) is 0 Å². The van der Waals surface area contributed by atoms with E-state index >= 15 is 0 Å². The largest absolute Gasteiger partial charge is 0.450 e. The van der Waals surface area contributed by atoms with E-state index in [1.807, 2.05) is 25.1 Å². The van der Waals surface area contributed by atoms with Gasteiger partial charge >= 0.3 is 0 Å². The summed E-state index contributed by atoms with van der Waals surface area (Å²) in [6.45, 7) is 4.06. The SMILES string of the molecule is CO.Cc1nc(N2CCCC2)c2oc3ccccc3c2n1.O.[U]. The summed E-state index contributed by atoms with van der Waals surface area (Å²) in [6, 6.07) is 8.05. The first-order valence-electron chi connectivity index (χ1n) is 7.18. The number of anilines is 1. The number of aromatic nitrogens is 2. The summed E-state index contributed by atoms with van der Waals surface area (Å²) in [5.41, 5.74) is 2.65. The van der Waals surface area contributed by atoms with E-state index in [1.165, 1.54) is 12.8 Å². The molecule has 0 bridgehead atoms. The van der Waals surface area contributed by atoms with Crippen LogP contribution in [-0.2, 0) is 0 Å². The molecule has 1 fully saturated rings. The summed E-state index contributed by atoms with van der Waals surface area (Å²) in [5.74, 6) is 1.76. The molecule has 0 atom stereocenters. The van der Waals surface area contributed by atoms with Gasteiger partial charge in [-0.1, -0.05) is 12.1 Å². The molecule has 3 aromatic rings. The quantitative estimate of drug-likeness (QED) is 0.510. The summed E-state index contributed by atoms with van der Waals surface area (Å²) in [5, 5.41) is 8.07. The fourth-order valence-corrected chi connectivity index (χ4v) is 2.83. The Morgan fingerprint density at radius 1 is 1.09 bits per heavy atom. The van der Waals surface area contributed by atoms with E-state index in [2.05, 4.69) is 20.9 Å². The molecule has 6 nitrogen and oxygen atoms in total. The molecular formula is C16H21N3O3U. The second-order valence-electron chi connectivity index (χ2n) is 5.06. The molecule has 1 aliphatic heterocycles. The van der Waals surface area contributed by atoms with Gasteiger partial charge in [-0.15, -0.1) is 0 Å². The molecule has 4 rings (SSSR count). The van der Waals surface area contributed by atoms with Crippen LogP contribution in [0, 0.1) is 38.0 Å². The van der Waals surface area contributed by atoms with Crippen LogP contribution >= 0.6 is 0 Å². The molecule has 3 N–H and O–H groups in total. The Morgan fingerprint density at radius 3 is 2.43 bits per heavy atom. The summed E-state index contributed by atoms with van der Waals surface area (Å²) in [4.78, 5) is 11.5. The average molecular weight is 541 g/mol. The van der Waals surface area contributed by atoms with Crippen LogP contribution in [0.2, 0.25) is 0 Å². The average Bonchev–Trinajstić information content (AvgIpc) is 3.16. The molecule has 1 aliphatic rings. The van der Waals surface area contributed by atoms with Crippen LogP contribution in [0.25, 0.3) is 22.1 Å².